The second-order valence-electron chi connectivity index (χ2n) is 4.11. The first kappa shape index (κ1) is 16.1. The summed E-state index contributed by atoms with van der Waals surface area (Å²) < 4.78 is 5.26. The summed E-state index contributed by atoms with van der Waals surface area (Å²) in [5, 5.41) is 6.10. The largest absolute Gasteiger partial charge is 0.382 e. The predicted octanol–water partition coefficient (Wildman–Crippen LogP) is 2.03. The van der Waals surface area contributed by atoms with Crippen LogP contribution in [0.15, 0.2) is 5.38 Å². The Kier molecular flexibility index (Phi) is 7.62. The Balaban J connectivity index is 2.32. The lowest BCUT2D eigenvalue weighted by atomic mass is 10.4. The van der Waals surface area contributed by atoms with E-state index in [4.69, 9.17) is 4.74 Å². The molecule has 0 bridgehead atoms. The first-order valence-corrected chi connectivity index (χ1v) is 7.58. The molecule has 0 fully saturated rings. The predicted molar refractivity (Wildman–Crippen MR) is 78.6 cm³/mol. The summed E-state index contributed by atoms with van der Waals surface area (Å²) >= 11 is 1.51. The number of carbonyl (C=O) groups excluding carboxylic acids is 1. The van der Waals surface area contributed by atoms with Gasteiger partial charge in [0.25, 0.3) is 0 Å². The fourth-order valence-electron chi connectivity index (χ4n) is 1.65. The lowest BCUT2D eigenvalue weighted by molar-refractivity contribution is -0.116. The lowest BCUT2D eigenvalue weighted by Crippen LogP contribution is -2.27. The molecule has 1 aromatic heterocycles. The quantitative estimate of drug-likeness (QED) is 0.705. The third-order valence-electron chi connectivity index (χ3n) is 2.62. The molecule has 0 aliphatic rings. The summed E-state index contributed by atoms with van der Waals surface area (Å²) in [4.78, 5) is 17.6. The molecule has 0 saturated carbocycles. The number of thiazole rings is 1. The molecular formula is C13H23N3O2S. The van der Waals surface area contributed by atoms with E-state index in [1.54, 1.807) is 11.8 Å². The van der Waals surface area contributed by atoms with Crippen LogP contribution in [0, 0.1) is 0 Å². The van der Waals surface area contributed by atoms with Crippen LogP contribution in [0.1, 0.15) is 32.9 Å². The van der Waals surface area contributed by atoms with E-state index in [0.717, 1.165) is 43.5 Å². The number of nitrogens with one attached hydrogen (secondary N) is 1. The van der Waals surface area contributed by atoms with Crippen LogP contribution < -0.4 is 10.2 Å². The standard InChI is InChI=1S/C13H23N3O2S/c1-4-16(11(3)17)13-15-12(10-19-13)9-14-7-6-8-18-5-2/h10,14H,4-9H2,1-3H3. The van der Waals surface area contributed by atoms with Gasteiger partial charge < -0.3 is 10.1 Å². The number of ether oxygens (including phenoxy) is 1. The van der Waals surface area contributed by atoms with E-state index < -0.39 is 0 Å². The molecule has 1 aromatic rings. The third kappa shape index (κ3) is 5.67. The zero-order valence-corrected chi connectivity index (χ0v) is 12.8. The number of anilines is 1. The van der Waals surface area contributed by atoms with Gasteiger partial charge in [-0.2, -0.15) is 0 Å². The van der Waals surface area contributed by atoms with Gasteiger partial charge in [0.05, 0.1) is 5.69 Å². The molecule has 1 amide bonds. The molecule has 108 valence electrons. The van der Waals surface area contributed by atoms with Crippen molar-refractivity contribution < 1.29 is 9.53 Å². The summed E-state index contributed by atoms with van der Waals surface area (Å²) in [5.41, 5.74) is 0.983. The molecule has 0 atom stereocenters. The van der Waals surface area contributed by atoms with Crippen molar-refractivity contribution in [3.8, 4) is 0 Å². The minimum atomic E-state index is 0.0353. The van der Waals surface area contributed by atoms with Gasteiger partial charge in [-0.15, -0.1) is 11.3 Å². The molecule has 0 spiro atoms. The van der Waals surface area contributed by atoms with Gasteiger partial charge in [-0.3, -0.25) is 9.69 Å². The van der Waals surface area contributed by atoms with E-state index in [1.165, 1.54) is 11.3 Å². The molecule has 0 aliphatic carbocycles. The molecular weight excluding hydrogens is 262 g/mol. The van der Waals surface area contributed by atoms with Crippen LogP contribution >= 0.6 is 11.3 Å². The van der Waals surface area contributed by atoms with Gasteiger partial charge in [-0.05, 0) is 26.8 Å². The average Bonchev–Trinajstić information content (AvgIpc) is 2.82. The topological polar surface area (TPSA) is 54.5 Å². The second kappa shape index (κ2) is 9.01. The minimum Gasteiger partial charge on any atom is -0.382 e. The maximum Gasteiger partial charge on any atom is 0.225 e. The highest BCUT2D eigenvalue weighted by atomic mass is 32.1. The molecule has 0 aliphatic heterocycles. The minimum absolute atomic E-state index is 0.0353. The SMILES string of the molecule is CCOCCCNCc1csc(N(CC)C(C)=O)n1. The molecule has 1 rings (SSSR count). The van der Waals surface area contributed by atoms with E-state index >= 15 is 0 Å². The van der Waals surface area contributed by atoms with Crippen molar-refractivity contribution in [2.75, 3.05) is 31.2 Å². The average molecular weight is 285 g/mol. The number of hydrogen-bond donors (Lipinski definition) is 1. The van der Waals surface area contributed by atoms with Crippen molar-refractivity contribution in [2.45, 2.75) is 33.7 Å². The zero-order valence-electron chi connectivity index (χ0n) is 11.9. The molecule has 19 heavy (non-hydrogen) atoms. The van der Waals surface area contributed by atoms with Crippen LogP contribution in [-0.4, -0.2) is 37.2 Å². The van der Waals surface area contributed by atoms with Gasteiger partial charge in [-0.1, -0.05) is 0 Å². The van der Waals surface area contributed by atoms with Crippen LogP contribution in [0.25, 0.3) is 0 Å². The maximum absolute atomic E-state index is 11.4. The molecule has 0 radical (unpaired) electrons. The Bertz CT molecular complexity index is 382. The van der Waals surface area contributed by atoms with Gasteiger partial charge >= 0.3 is 0 Å². The van der Waals surface area contributed by atoms with Gasteiger partial charge in [0.15, 0.2) is 5.13 Å². The highest BCUT2D eigenvalue weighted by Crippen LogP contribution is 2.20. The van der Waals surface area contributed by atoms with Crippen molar-refractivity contribution in [3.63, 3.8) is 0 Å². The Hall–Kier alpha value is -0.980. The number of rotatable bonds is 9. The molecule has 0 saturated heterocycles. The van der Waals surface area contributed by atoms with E-state index in [9.17, 15) is 4.79 Å². The van der Waals surface area contributed by atoms with Gasteiger partial charge in [-0.25, -0.2) is 4.98 Å². The molecule has 1 heterocycles. The third-order valence-corrected chi connectivity index (χ3v) is 3.53. The molecule has 0 unspecified atom stereocenters. The van der Waals surface area contributed by atoms with Crippen molar-refractivity contribution in [2.24, 2.45) is 0 Å². The van der Waals surface area contributed by atoms with Crippen molar-refractivity contribution in [1.29, 1.82) is 0 Å². The van der Waals surface area contributed by atoms with Crippen LogP contribution in [0.4, 0.5) is 5.13 Å². The summed E-state index contributed by atoms with van der Waals surface area (Å²) in [7, 11) is 0. The smallest absolute Gasteiger partial charge is 0.225 e. The van der Waals surface area contributed by atoms with Crippen molar-refractivity contribution >= 4 is 22.4 Å². The molecule has 6 heteroatoms. The van der Waals surface area contributed by atoms with E-state index in [-0.39, 0.29) is 5.91 Å². The lowest BCUT2D eigenvalue weighted by Gasteiger charge is -2.14. The summed E-state index contributed by atoms with van der Waals surface area (Å²) in [6.07, 6.45) is 0.999. The number of amides is 1. The Morgan fingerprint density at radius 3 is 2.95 bits per heavy atom. The van der Waals surface area contributed by atoms with Gasteiger partial charge in [0.2, 0.25) is 5.91 Å². The van der Waals surface area contributed by atoms with Gasteiger partial charge in [0.1, 0.15) is 0 Å². The first-order valence-electron chi connectivity index (χ1n) is 6.70. The molecule has 1 N–H and O–H groups in total. The van der Waals surface area contributed by atoms with Crippen molar-refractivity contribution in [3.05, 3.63) is 11.1 Å². The van der Waals surface area contributed by atoms with E-state index in [2.05, 4.69) is 10.3 Å². The Labute approximate surface area is 119 Å². The number of carbonyl (C=O) groups is 1. The monoisotopic (exact) mass is 285 g/mol. The summed E-state index contributed by atoms with van der Waals surface area (Å²) in [6, 6.07) is 0. The van der Waals surface area contributed by atoms with E-state index in [0.29, 0.717) is 6.54 Å². The summed E-state index contributed by atoms with van der Waals surface area (Å²) in [5.74, 6) is 0.0353. The number of aromatic nitrogens is 1. The Morgan fingerprint density at radius 2 is 2.32 bits per heavy atom. The molecule has 0 aromatic carbocycles. The Morgan fingerprint density at radius 1 is 1.53 bits per heavy atom. The van der Waals surface area contributed by atoms with Crippen LogP contribution in [0.2, 0.25) is 0 Å². The van der Waals surface area contributed by atoms with Gasteiger partial charge in [0, 0.05) is 38.6 Å². The fourth-order valence-corrected chi connectivity index (χ4v) is 2.59. The van der Waals surface area contributed by atoms with Crippen molar-refractivity contribution in [1.82, 2.24) is 10.3 Å². The highest BCUT2D eigenvalue weighted by molar-refractivity contribution is 7.14. The number of nitrogens with zero attached hydrogens (tertiary/aromatic N) is 2. The second-order valence-corrected chi connectivity index (χ2v) is 4.95. The first-order chi connectivity index (χ1) is 9.19. The normalized spacial score (nSPS) is 10.7. The zero-order chi connectivity index (χ0) is 14.1. The summed E-state index contributed by atoms with van der Waals surface area (Å²) in [6.45, 7) is 9.38. The van der Waals surface area contributed by atoms with E-state index in [1.807, 2.05) is 19.2 Å². The van der Waals surface area contributed by atoms with Crippen LogP contribution in [-0.2, 0) is 16.1 Å². The maximum atomic E-state index is 11.4. The molecule has 5 nitrogen and oxygen atoms in total. The van der Waals surface area contributed by atoms with Crippen LogP contribution in [0.5, 0.6) is 0 Å². The van der Waals surface area contributed by atoms with Crippen LogP contribution in [0.3, 0.4) is 0 Å². The highest BCUT2D eigenvalue weighted by Gasteiger charge is 2.12. The number of hydrogen-bond acceptors (Lipinski definition) is 5. The fraction of sp³-hybridized carbons (Fsp3) is 0.692.